The van der Waals surface area contributed by atoms with Crippen molar-refractivity contribution < 1.29 is 24.1 Å². The van der Waals surface area contributed by atoms with Gasteiger partial charge in [0.1, 0.15) is 6.04 Å². The predicted molar refractivity (Wildman–Crippen MR) is 65.3 cm³/mol. The molecule has 3 rings (SSSR count). The molecule has 6 heteroatoms. The van der Waals surface area contributed by atoms with Gasteiger partial charge in [-0.3, -0.25) is 4.79 Å². The van der Waals surface area contributed by atoms with Gasteiger partial charge in [-0.05, 0) is 24.1 Å². The molecule has 0 aliphatic carbocycles. The highest BCUT2D eigenvalue weighted by Gasteiger charge is 2.43. The van der Waals surface area contributed by atoms with Gasteiger partial charge in [-0.1, -0.05) is 6.07 Å². The molecule has 0 bridgehead atoms. The lowest BCUT2D eigenvalue weighted by molar-refractivity contribution is -0.141. The van der Waals surface area contributed by atoms with Crippen LogP contribution >= 0.6 is 0 Å². The van der Waals surface area contributed by atoms with Gasteiger partial charge in [0.15, 0.2) is 11.5 Å². The third kappa shape index (κ3) is 2.02. The van der Waals surface area contributed by atoms with Crippen LogP contribution < -0.4 is 15.2 Å². The molecule has 1 unspecified atom stereocenters. The number of carboxylic acids is 1. The minimum Gasteiger partial charge on any atom is -0.480 e. The minimum atomic E-state index is -0.994. The molecule has 102 valence electrons. The first kappa shape index (κ1) is 12.3. The van der Waals surface area contributed by atoms with E-state index in [1.807, 2.05) is 18.2 Å². The average molecular weight is 265 g/mol. The number of rotatable bonds is 4. The number of ether oxygens (including phenoxy) is 3. The second-order valence-corrected chi connectivity index (χ2v) is 4.99. The summed E-state index contributed by atoms with van der Waals surface area (Å²) in [5.41, 5.74) is 6.30. The van der Waals surface area contributed by atoms with Crippen molar-refractivity contribution in [3.8, 4) is 11.5 Å². The summed E-state index contributed by atoms with van der Waals surface area (Å²) in [6, 6.07) is 4.75. The maximum absolute atomic E-state index is 10.9. The van der Waals surface area contributed by atoms with Crippen LogP contribution in [-0.2, 0) is 14.9 Å². The van der Waals surface area contributed by atoms with E-state index in [4.69, 9.17) is 25.1 Å². The Morgan fingerprint density at radius 2 is 2.11 bits per heavy atom. The Morgan fingerprint density at radius 3 is 2.74 bits per heavy atom. The Balaban J connectivity index is 1.87. The maximum Gasteiger partial charge on any atom is 0.320 e. The van der Waals surface area contributed by atoms with Gasteiger partial charge in [0.25, 0.3) is 0 Å². The summed E-state index contributed by atoms with van der Waals surface area (Å²) in [5, 5.41) is 8.96. The zero-order valence-corrected chi connectivity index (χ0v) is 10.3. The van der Waals surface area contributed by atoms with Crippen molar-refractivity contribution in [1.82, 2.24) is 0 Å². The molecule has 0 amide bonds. The van der Waals surface area contributed by atoms with Crippen molar-refractivity contribution >= 4 is 5.97 Å². The van der Waals surface area contributed by atoms with Crippen LogP contribution in [0, 0.1) is 0 Å². The fourth-order valence-corrected chi connectivity index (χ4v) is 2.49. The highest BCUT2D eigenvalue weighted by atomic mass is 16.7. The fraction of sp³-hybridized carbons (Fsp3) is 0.462. The van der Waals surface area contributed by atoms with E-state index >= 15 is 0 Å². The summed E-state index contributed by atoms with van der Waals surface area (Å²) < 4.78 is 15.9. The number of benzene rings is 1. The van der Waals surface area contributed by atoms with Crippen LogP contribution in [0.2, 0.25) is 0 Å². The Labute approximate surface area is 110 Å². The number of carbonyl (C=O) groups is 1. The summed E-state index contributed by atoms with van der Waals surface area (Å²) in [6.45, 7) is 1.18. The molecule has 1 fully saturated rings. The SMILES string of the molecule is NC(CC1(c2ccc3c(c2)OCO3)COC1)C(=O)O. The third-order valence-corrected chi connectivity index (χ3v) is 3.67. The van der Waals surface area contributed by atoms with Crippen LogP contribution in [0.25, 0.3) is 0 Å². The highest BCUT2D eigenvalue weighted by molar-refractivity contribution is 5.73. The molecular weight excluding hydrogens is 250 g/mol. The van der Waals surface area contributed by atoms with E-state index in [1.54, 1.807) is 0 Å². The molecule has 3 N–H and O–H groups in total. The summed E-state index contributed by atoms with van der Waals surface area (Å²) in [6.07, 6.45) is 0.349. The molecule has 6 nitrogen and oxygen atoms in total. The first-order chi connectivity index (χ1) is 9.11. The van der Waals surface area contributed by atoms with Gasteiger partial charge < -0.3 is 25.1 Å². The lowest BCUT2D eigenvalue weighted by Gasteiger charge is -2.43. The van der Waals surface area contributed by atoms with E-state index in [9.17, 15) is 4.79 Å². The van der Waals surface area contributed by atoms with Crippen LogP contribution in [0.4, 0.5) is 0 Å². The van der Waals surface area contributed by atoms with E-state index in [1.165, 1.54) is 0 Å². The van der Waals surface area contributed by atoms with Crippen LogP contribution in [0.5, 0.6) is 11.5 Å². The second-order valence-electron chi connectivity index (χ2n) is 4.99. The largest absolute Gasteiger partial charge is 0.480 e. The molecule has 0 saturated carbocycles. The maximum atomic E-state index is 10.9. The number of hydrogen-bond acceptors (Lipinski definition) is 5. The molecule has 1 atom stereocenters. The second kappa shape index (κ2) is 4.40. The molecule has 0 aromatic heterocycles. The zero-order chi connectivity index (χ0) is 13.5. The van der Waals surface area contributed by atoms with Gasteiger partial charge in [0.2, 0.25) is 6.79 Å². The average Bonchev–Trinajstić information content (AvgIpc) is 2.80. The molecule has 0 radical (unpaired) electrons. The Morgan fingerprint density at radius 1 is 1.37 bits per heavy atom. The van der Waals surface area contributed by atoms with E-state index < -0.39 is 12.0 Å². The molecule has 1 aromatic rings. The van der Waals surface area contributed by atoms with Crippen molar-refractivity contribution in [2.75, 3.05) is 20.0 Å². The van der Waals surface area contributed by atoms with Crippen LogP contribution in [-0.4, -0.2) is 37.1 Å². The molecular formula is C13H15NO5. The number of carboxylic acid groups (broad SMARTS) is 1. The first-order valence-electron chi connectivity index (χ1n) is 6.07. The minimum absolute atomic E-state index is 0.219. The smallest absolute Gasteiger partial charge is 0.320 e. The van der Waals surface area contributed by atoms with Gasteiger partial charge in [0.05, 0.1) is 13.2 Å². The van der Waals surface area contributed by atoms with Crippen molar-refractivity contribution in [3.63, 3.8) is 0 Å². The molecule has 2 aliphatic heterocycles. The highest BCUT2D eigenvalue weighted by Crippen LogP contribution is 2.41. The lowest BCUT2D eigenvalue weighted by atomic mass is 9.74. The Hall–Kier alpha value is -1.79. The van der Waals surface area contributed by atoms with Crippen molar-refractivity contribution in [1.29, 1.82) is 0 Å². The summed E-state index contributed by atoms with van der Waals surface area (Å²) in [4.78, 5) is 10.9. The molecule has 19 heavy (non-hydrogen) atoms. The Kier molecular flexibility index (Phi) is 2.83. The molecule has 2 heterocycles. The Bertz CT molecular complexity index is 512. The molecule has 1 saturated heterocycles. The number of fused-ring (bicyclic) bond motifs is 1. The van der Waals surface area contributed by atoms with Crippen LogP contribution in [0.15, 0.2) is 18.2 Å². The van der Waals surface area contributed by atoms with Crippen molar-refractivity contribution in [2.45, 2.75) is 17.9 Å². The summed E-state index contributed by atoms with van der Waals surface area (Å²) in [5.74, 6) is 0.404. The molecule has 0 spiro atoms. The van der Waals surface area contributed by atoms with Crippen LogP contribution in [0.3, 0.4) is 0 Å². The predicted octanol–water partition coefficient (Wildman–Crippen LogP) is 0.485. The monoisotopic (exact) mass is 265 g/mol. The van der Waals surface area contributed by atoms with Crippen molar-refractivity contribution in [3.05, 3.63) is 23.8 Å². The van der Waals surface area contributed by atoms with Gasteiger partial charge in [-0.2, -0.15) is 0 Å². The van der Waals surface area contributed by atoms with Gasteiger partial charge in [-0.25, -0.2) is 0 Å². The normalized spacial score (nSPS) is 20.7. The van der Waals surface area contributed by atoms with Gasteiger partial charge in [-0.15, -0.1) is 0 Å². The lowest BCUT2D eigenvalue weighted by Crippen LogP contribution is -2.51. The van der Waals surface area contributed by atoms with E-state index in [0.717, 1.165) is 5.56 Å². The van der Waals surface area contributed by atoms with E-state index in [0.29, 0.717) is 31.1 Å². The first-order valence-corrected chi connectivity index (χ1v) is 6.07. The van der Waals surface area contributed by atoms with Gasteiger partial charge >= 0.3 is 5.97 Å². The number of hydrogen-bond donors (Lipinski definition) is 2. The molecule has 2 aliphatic rings. The molecule has 1 aromatic carbocycles. The fourth-order valence-electron chi connectivity index (χ4n) is 2.49. The number of nitrogens with two attached hydrogens (primary N) is 1. The van der Waals surface area contributed by atoms with E-state index in [2.05, 4.69) is 0 Å². The van der Waals surface area contributed by atoms with Crippen LogP contribution in [0.1, 0.15) is 12.0 Å². The van der Waals surface area contributed by atoms with E-state index in [-0.39, 0.29) is 12.2 Å². The zero-order valence-electron chi connectivity index (χ0n) is 10.3. The number of aliphatic carboxylic acids is 1. The van der Waals surface area contributed by atoms with Gasteiger partial charge in [0, 0.05) is 5.41 Å². The van der Waals surface area contributed by atoms with Crippen molar-refractivity contribution in [2.24, 2.45) is 5.73 Å². The summed E-state index contributed by atoms with van der Waals surface area (Å²) >= 11 is 0. The standard InChI is InChI=1S/C13H15NO5/c14-9(12(15)16)4-13(5-17-6-13)8-1-2-10-11(3-8)19-7-18-10/h1-3,9H,4-7,14H2,(H,15,16). The third-order valence-electron chi connectivity index (χ3n) is 3.67. The topological polar surface area (TPSA) is 91.0 Å². The quantitative estimate of drug-likeness (QED) is 0.823. The summed E-state index contributed by atoms with van der Waals surface area (Å²) in [7, 11) is 0.